The van der Waals surface area contributed by atoms with E-state index in [0.717, 1.165) is 48.9 Å². The van der Waals surface area contributed by atoms with Gasteiger partial charge in [-0.3, -0.25) is 0 Å². The number of aryl methyl sites for hydroxylation is 1. The van der Waals surface area contributed by atoms with Gasteiger partial charge in [0.2, 0.25) is 0 Å². The Hall–Kier alpha value is -2.79. The zero-order chi connectivity index (χ0) is 19.5. The van der Waals surface area contributed by atoms with Crippen LogP contribution in [0.25, 0.3) is 11.4 Å². The van der Waals surface area contributed by atoms with Crippen LogP contribution in [-0.4, -0.2) is 15.8 Å². The van der Waals surface area contributed by atoms with Crippen LogP contribution in [0.15, 0.2) is 53.5 Å². The highest BCUT2D eigenvalue weighted by molar-refractivity contribution is 6.33. The molecule has 2 aromatic carbocycles. The molecule has 0 atom stereocenters. The van der Waals surface area contributed by atoms with E-state index in [-0.39, 0.29) is 11.7 Å². The second-order valence-corrected chi connectivity index (χ2v) is 7.25. The first-order valence-corrected chi connectivity index (χ1v) is 9.74. The smallest absolute Gasteiger partial charge is 0.163 e. The topological polar surface area (TPSA) is 64.2 Å². The zero-order valence-corrected chi connectivity index (χ0v) is 16.1. The number of hydrogen-bond donors (Lipinski definition) is 1. The van der Waals surface area contributed by atoms with Crippen molar-refractivity contribution >= 4 is 23.3 Å². The standard InChI is InChI=1S/C22H20ClFN4/c23-18-11-5-4-9-16(18)21-26-19-12-3-1-2-10-17(19)22(28-21)27-20(25)14-7-6-8-15(24)13-14/h4-9,11,13H,1-3,10,12H2,(H2,25,26,27,28). The van der Waals surface area contributed by atoms with Gasteiger partial charge in [0.1, 0.15) is 11.7 Å². The number of benzene rings is 2. The van der Waals surface area contributed by atoms with Gasteiger partial charge in [0.05, 0.1) is 5.02 Å². The van der Waals surface area contributed by atoms with Gasteiger partial charge >= 0.3 is 0 Å². The van der Waals surface area contributed by atoms with Crippen molar-refractivity contribution in [2.75, 3.05) is 0 Å². The maximum atomic E-state index is 13.6. The third-order valence-electron chi connectivity index (χ3n) is 4.87. The predicted molar refractivity (Wildman–Crippen MR) is 111 cm³/mol. The summed E-state index contributed by atoms with van der Waals surface area (Å²) in [5.74, 6) is 0.962. The Balaban J connectivity index is 1.86. The molecular formula is C22H20ClFN4. The lowest BCUT2D eigenvalue weighted by molar-refractivity contribution is 0.627. The molecule has 142 valence electrons. The number of rotatable bonds is 3. The minimum atomic E-state index is -0.353. The minimum absolute atomic E-state index is 0.231. The number of halogens is 2. The highest BCUT2D eigenvalue weighted by Gasteiger charge is 2.19. The highest BCUT2D eigenvalue weighted by atomic mass is 35.5. The van der Waals surface area contributed by atoms with Crippen LogP contribution in [0.2, 0.25) is 5.02 Å². The molecule has 0 saturated carbocycles. The quantitative estimate of drug-likeness (QED) is 0.375. The lowest BCUT2D eigenvalue weighted by Crippen LogP contribution is -2.14. The van der Waals surface area contributed by atoms with Crippen molar-refractivity contribution in [3.05, 3.63) is 76.2 Å². The molecule has 0 saturated heterocycles. The van der Waals surface area contributed by atoms with E-state index in [4.69, 9.17) is 22.3 Å². The Kier molecular flexibility index (Phi) is 5.35. The van der Waals surface area contributed by atoms with E-state index in [1.807, 2.05) is 24.3 Å². The van der Waals surface area contributed by atoms with Gasteiger partial charge in [-0.25, -0.2) is 19.4 Å². The van der Waals surface area contributed by atoms with Crippen LogP contribution in [0.1, 0.15) is 36.1 Å². The van der Waals surface area contributed by atoms with Crippen LogP contribution >= 0.6 is 11.6 Å². The summed E-state index contributed by atoms with van der Waals surface area (Å²) in [6.45, 7) is 0. The molecule has 4 nitrogen and oxygen atoms in total. The summed E-state index contributed by atoms with van der Waals surface area (Å²) in [4.78, 5) is 14.1. The molecule has 0 spiro atoms. The number of amidine groups is 1. The molecule has 1 heterocycles. The molecule has 1 aromatic heterocycles. The molecule has 2 N–H and O–H groups in total. The van der Waals surface area contributed by atoms with Gasteiger partial charge in [0.25, 0.3) is 0 Å². The van der Waals surface area contributed by atoms with Crippen LogP contribution < -0.4 is 5.73 Å². The third kappa shape index (κ3) is 3.90. The van der Waals surface area contributed by atoms with E-state index in [1.54, 1.807) is 12.1 Å². The first-order chi connectivity index (χ1) is 13.6. The summed E-state index contributed by atoms with van der Waals surface area (Å²) in [6.07, 6.45) is 5.00. The number of aromatic nitrogens is 2. The van der Waals surface area contributed by atoms with Gasteiger partial charge in [-0.15, -0.1) is 0 Å². The Labute approximate surface area is 168 Å². The van der Waals surface area contributed by atoms with E-state index in [2.05, 4.69) is 9.98 Å². The molecule has 0 amide bonds. The number of nitrogens with two attached hydrogens (primary N) is 1. The van der Waals surface area contributed by atoms with Gasteiger partial charge in [-0.05, 0) is 49.9 Å². The Morgan fingerprint density at radius 1 is 1.00 bits per heavy atom. The Morgan fingerprint density at radius 3 is 2.64 bits per heavy atom. The second-order valence-electron chi connectivity index (χ2n) is 6.84. The van der Waals surface area contributed by atoms with Crippen LogP contribution in [0, 0.1) is 5.82 Å². The highest BCUT2D eigenvalue weighted by Crippen LogP contribution is 2.32. The molecule has 28 heavy (non-hydrogen) atoms. The van der Waals surface area contributed by atoms with Crippen molar-refractivity contribution in [2.45, 2.75) is 32.1 Å². The fourth-order valence-electron chi connectivity index (χ4n) is 3.43. The SMILES string of the molecule is NC(=Nc1nc(-c2ccccc2Cl)nc2c1CCCCC2)c1cccc(F)c1. The average molecular weight is 395 g/mol. The normalized spacial score (nSPS) is 14.4. The first-order valence-electron chi connectivity index (χ1n) is 9.36. The van der Waals surface area contributed by atoms with Gasteiger partial charge in [-0.1, -0.05) is 42.3 Å². The second kappa shape index (κ2) is 8.07. The van der Waals surface area contributed by atoms with Crippen LogP contribution in [0.3, 0.4) is 0 Å². The minimum Gasteiger partial charge on any atom is -0.383 e. The van der Waals surface area contributed by atoms with Crippen LogP contribution in [0.4, 0.5) is 10.2 Å². The summed E-state index contributed by atoms with van der Waals surface area (Å²) >= 11 is 6.36. The van der Waals surface area contributed by atoms with E-state index in [1.165, 1.54) is 12.1 Å². The van der Waals surface area contributed by atoms with E-state index < -0.39 is 0 Å². The van der Waals surface area contributed by atoms with Gasteiger partial charge in [0.15, 0.2) is 11.6 Å². The summed E-state index contributed by atoms with van der Waals surface area (Å²) in [7, 11) is 0. The fourth-order valence-corrected chi connectivity index (χ4v) is 3.65. The Bertz CT molecular complexity index is 1050. The molecule has 0 aliphatic heterocycles. The van der Waals surface area contributed by atoms with Crippen LogP contribution in [-0.2, 0) is 12.8 Å². The molecule has 0 fully saturated rings. The molecular weight excluding hydrogens is 375 g/mol. The number of hydrogen-bond acceptors (Lipinski definition) is 3. The zero-order valence-electron chi connectivity index (χ0n) is 15.3. The number of fused-ring (bicyclic) bond motifs is 1. The van der Waals surface area contributed by atoms with Gasteiger partial charge in [-0.2, -0.15) is 0 Å². The Morgan fingerprint density at radius 2 is 1.82 bits per heavy atom. The van der Waals surface area contributed by atoms with Crippen molar-refractivity contribution in [1.82, 2.24) is 9.97 Å². The van der Waals surface area contributed by atoms with Crippen molar-refractivity contribution < 1.29 is 4.39 Å². The maximum absolute atomic E-state index is 13.6. The van der Waals surface area contributed by atoms with E-state index in [0.29, 0.717) is 22.2 Å². The molecule has 0 radical (unpaired) electrons. The lowest BCUT2D eigenvalue weighted by Gasteiger charge is -2.12. The van der Waals surface area contributed by atoms with Crippen LogP contribution in [0.5, 0.6) is 0 Å². The first kappa shape index (κ1) is 18.6. The molecule has 6 heteroatoms. The molecule has 3 aromatic rings. The number of aliphatic imine (C=N–C) groups is 1. The third-order valence-corrected chi connectivity index (χ3v) is 5.20. The molecule has 0 unspecified atom stereocenters. The summed E-state index contributed by atoms with van der Waals surface area (Å²) in [5.41, 5.74) is 9.49. The van der Waals surface area contributed by atoms with Crippen molar-refractivity contribution in [3.63, 3.8) is 0 Å². The molecule has 4 rings (SSSR count). The van der Waals surface area contributed by atoms with Crippen molar-refractivity contribution in [2.24, 2.45) is 10.7 Å². The largest absolute Gasteiger partial charge is 0.383 e. The fraction of sp³-hybridized carbons (Fsp3) is 0.227. The van der Waals surface area contributed by atoms with Gasteiger partial charge < -0.3 is 5.73 Å². The molecule has 1 aliphatic carbocycles. The lowest BCUT2D eigenvalue weighted by atomic mass is 10.1. The summed E-state index contributed by atoms with van der Waals surface area (Å²) in [6, 6.07) is 13.6. The van der Waals surface area contributed by atoms with Crippen molar-refractivity contribution in [3.8, 4) is 11.4 Å². The van der Waals surface area contributed by atoms with E-state index >= 15 is 0 Å². The molecule has 1 aliphatic rings. The maximum Gasteiger partial charge on any atom is 0.163 e. The summed E-state index contributed by atoms with van der Waals surface area (Å²) in [5, 5.41) is 0.587. The van der Waals surface area contributed by atoms with Crippen molar-refractivity contribution in [1.29, 1.82) is 0 Å². The van der Waals surface area contributed by atoms with Gasteiger partial charge in [0, 0.05) is 22.4 Å². The molecule has 0 bridgehead atoms. The monoisotopic (exact) mass is 394 g/mol. The average Bonchev–Trinajstić information content (AvgIpc) is 2.94. The number of nitrogens with zero attached hydrogens (tertiary/aromatic N) is 3. The predicted octanol–water partition coefficient (Wildman–Crippen LogP) is 5.24. The summed E-state index contributed by atoms with van der Waals surface area (Å²) < 4.78 is 13.6. The van der Waals surface area contributed by atoms with E-state index in [9.17, 15) is 4.39 Å².